The Morgan fingerprint density at radius 3 is 2.67 bits per heavy atom. The average molecular weight is 592 g/mol. The van der Waals surface area contributed by atoms with E-state index in [9.17, 15) is 14.7 Å². The predicted octanol–water partition coefficient (Wildman–Crippen LogP) is 2.44. The fourth-order valence-corrected chi connectivity index (χ4v) is 5.12. The van der Waals surface area contributed by atoms with Gasteiger partial charge in [0.05, 0.1) is 17.8 Å². The number of hydrogen-bond donors (Lipinski definition) is 3. The van der Waals surface area contributed by atoms with Crippen LogP contribution in [0.5, 0.6) is 5.75 Å². The Labute approximate surface area is 251 Å². The number of aryl methyl sites for hydroxylation is 1. The second-order valence-electron chi connectivity index (χ2n) is 12.4. The molecule has 0 aliphatic carbocycles. The summed E-state index contributed by atoms with van der Waals surface area (Å²) in [5, 5.41) is 16.9. The average Bonchev–Trinajstić information content (AvgIpc) is 3.35. The van der Waals surface area contributed by atoms with Crippen molar-refractivity contribution in [3.8, 4) is 5.75 Å². The minimum atomic E-state index is -0.743. The standard InChI is InChI=1S/C31H41N7O5/c1-19-27(43-18-33-19)17-42-25-7-6-22-13-37(9-8-21(22)10-25)16-24(40)12-32-29(41)26-11-28(36-30(35-26)31(3,4)5)34-23-14-38(15-23)20(2)39/h6-7,10-11,18,23-24,40H,8-9,12-17H2,1-5H3,(H,32,41)(H,34,35,36). The van der Waals surface area contributed by atoms with Crippen LogP contribution in [0, 0.1) is 6.92 Å². The molecular formula is C31H41N7O5. The Hall–Kier alpha value is -4.03. The normalized spacial score (nSPS) is 16.3. The minimum Gasteiger partial charge on any atom is -0.486 e. The summed E-state index contributed by atoms with van der Waals surface area (Å²) in [5.74, 6) is 2.26. The molecule has 12 nitrogen and oxygen atoms in total. The van der Waals surface area contributed by atoms with E-state index in [4.69, 9.17) is 9.15 Å². The Balaban J connectivity index is 1.13. The number of aliphatic hydroxyl groups excluding tert-OH is 1. The first-order valence-corrected chi connectivity index (χ1v) is 14.7. The third-order valence-corrected chi connectivity index (χ3v) is 7.76. The van der Waals surface area contributed by atoms with Gasteiger partial charge in [-0.3, -0.25) is 14.5 Å². The molecule has 2 amide bonds. The van der Waals surface area contributed by atoms with Crippen LogP contribution in [-0.4, -0.2) is 86.5 Å². The molecule has 3 N–H and O–H groups in total. The van der Waals surface area contributed by atoms with Crippen LogP contribution in [0.15, 0.2) is 35.1 Å². The number of rotatable bonds is 10. The SMILES string of the molecule is CC(=O)N1CC(Nc2cc(C(=O)NCC(O)CN3CCc4cc(OCc5ocnc5C)ccc4C3)nc(C(C)(C)C)n2)C1. The van der Waals surface area contributed by atoms with Crippen LogP contribution >= 0.6 is 0 Å². The monoisotopic (exact) mass is 591 g/mol. The quantitative estimate of drug-likeness (QED) is 0.321. The van der Waals surface area contributed by atoms with Crippen LogP contribution in [-0.2, 0) is 29.8 Å². The van der Waals surface area contributed by atoms with Crippen molar-refractivity contribution in [1.82, 2.24) is 30.1 Å². The lowest BCUT2D eigenvalue weighted by Gasteiger charge is -2.39. The first kappa shape index (κ1) is 30.4. The Bertz CT molecular complexity index is 1460. The zero-order valence-electron chi connectivity index (χ0n) is 25.5. The van der Waals surface area contributed by atoms with Crippen molar-refractivity contribution in [2.45, 2.75) is 71.8 Å². The van der Waals surface area contributed by atoms with E-state index < -0.39 is 6.10 Å². The maximum Gasteiger partial charge on any atom is 0.270 e. The predicted molar refractivity (Wildman–Crippen MR) is 160 cm³/mol. The van der Waals surface area contributed by atoms with Gasteiger partial charge in [0.25, 0.3) is 5.91 Å². The maximum absolute atomic E-state index is 13.1. The van der Waals surface area contributed by atoms with Gasteiger partial charge < -0.3 is 29.8 Å². The van der Waals surface area contributed by atoms with E-state index in [0.29, 0.717) is 50.2 Å². The molecule has 1 atom stereocenters. The van der Waals surface area contributed by atoms with Crippen LogP contribution in [0.3, 0.4) is 0 Å². The lowest BCUT2D eigenvalue weighted by atomic mass is 9.95. The van der Waals surface area contributed by atoms with Crippen LogP contribution in [0.2, 0.25) is 0 Å². The third-order valence-electron chi connectivity index (χ3n) is 7.76. The van der Waals surface area contributed by atoms with Crippen molar-refractivity contribution in [1.29, 1.82) is 0 Å². The number of oxazole rings is 1. The van der Waals surface area contributed by atoms with E-state index in [1.807, 2.05) is 33.8 Å². The molecule has 12 heteroatoms. The van der Waals surface area contributed by atoms with Gasteiger partial charge >= 0.3 is 0 Å². The largest absolute Gasteiger partial charge is 0.486 e. The van der Waals surface area contributed by atoms with E-state index in [2.05, 4.69) is 42.6 Å². The molecule has 2 aliphatic heterocycles. The Morgan fingerprint density at radius 2 is 1.98 bits per heavy atom. The van der Waals surface area contributed by atoms with Crippen molar-refractivity contribution < 1.29 is 23.8 Å². The van der Waals surface area contributed by atoms with Gasteiger partial charge in [0, 0.05) is 57.7 Å². The number of anilines is 1. The molecule has 2 aromatic heterocycles. The molecule has 0 bridgehead atoms. The molecule has 4 heterocycles. The molecule has 43 heavy (non-hydrogen) atoms. The van der Waals surface area contributed by atoms with Gasteiger partial charge in [-0.1, -0.05) is 26.8 Å². The van der Waals surface area contributed by atoms with E-state index in [1.54, 1.807) is 17.9 Å². The lowest BCUT2D eigenvalue weighted by Crippen LogP contribution is -2.56. The van der Waals surface area contributed by atoms with Crippen molar-refractivity contribution in [3.05, 3.63) is 64.8 Å². The van der Waals surface area contributed by atoms with Gasteiger partial charge in [0.2, 0.25) is 5.91 Å². The van der Waals surface area contributed by atoms with Crippen molar-refractivity contribution in [3.63, 3.8) is 0 Å². The summed E-state index contributed by atoms with van der Waals surface area (Å²) in [7, 11) is 0. The highest BCUT2D eigenvalue weighted by molar-refractivity contribution is 5.93. The Kier molecular flexibility index (Phi) is 8.97. The van der Waals surface area contributed by atoms with Crippen molar-refractivity contribution in [2.75, 3.05) is 38.0 Å². The molecule has 0 saturated carbocycles. The number of carbonyl (C=O) groups is 2. The summed E-state index contributed by atoms with van der Waals surface area (Å²) < 4.78 is 11.2. The second kappa shape index (κ2) is 12.7. The van der Waals surface area contributed by atoms with Crippen LogP contribution < -0.4 is 15.4 Å². The summed E-state index contributed by atoms with van der Waals surface area (Å²) in [6, 6.07) is 7.77. The number of likely N-dealkylation sites (tertiary alicyclic amines) is 1. The molecule has 230 valence electrons. The number of ether oxygens (including phenoxy) is 1. The molecule has 1 fully saturated rings. The first-order chi connectivity index (χ1) is 20.4. The van der Waals surface area contributed by atoms with E-state index in [0.717, 1.165) is 24.4 Å². The zero-order chi connectivity index (χ0) is 30.7. The molecule has 0 radical (unpaired) electrons. The van der Waals surface area contributed by atoms with Crippen LogP contribution in [0.1, 0.15) is 66.6 Å². The number of aromatic nitrogens is 3. The number of aliphatic hydroxyl groups is 1. The fraction of sp³-hybridized carbons (Fsp3) is 0.516. The lowest BCUT2D eigenvalue weighted by molar-refractivity contribution is -0.132. The summed E-state index contributed by atoms with van der Waals surface area (Å²) >= 11 is 0. The van der Waals surface area contributed by atoms with Crippen LogP contribution in [0.25, 0.3) is 0 Å². The number of fused-ring (bicyclic) bond motifs is 1. The summed E-state index contributed by atoms with van der Waals surface area (Å²) in [5.41, 5.74) is 3.11. The molecule has 5 rings (SSSR count). The summed E-state index contributed by atoms with van der Waals surface area (Å²) in [6.45, 7) is 13.0. The van der Waals surface area contributed by atoms with Gasteiger partial charge in [0.15, 0.2) is 12.2 Å². The molecule has 2 aliphatic rings. The van der Waals surface area contributed by atoms with Gasteiger partial charge in [-0.25, -0.2) is 15.0 Å². The number of hydrogen-bond acceptors (Lipinski definition) is 10. The third kappa shape index (κ3) is 7.68. The van der Waals surface area contributed by atoms with Gasteiger partial charge in [-0.15, -0.1) is 0 Å². The number of benzene rings is 1. The topological polar surface area (TPSA) is 146 Å². The molecule has 3 aromatic rings. The number of amides is 2. The molecule has 1 saturated heterocycles. The smallest absolute Gasteiger partial charge is 0.270 e. The fourth-order valence-electron chi connectivity index (χ4n) is 5.12. The zero-order valence-corrected chi connectivity index (χ0v) is 25.5. The molecular weight excluding hydrogens is 550 g/mol. The van der Waals surface area contributed by atoms with Crippen LogP contribution in [0.4, 0.5) is 5.82 Å². The first-order valence-electron chi connectivity index (χ1n) is 14.7. The maximum atomic E-state index is 13.1. The molecule has 0 spiro atoms. The van der Waals surface area contributed by atoms with E-state index in [1.165, 1.54) is 17.5 Å². The number of nitrogens with zero attached hydrogens (tertiary/aromatic N) is 5. The van der Waals surface area contributed by atoms with Crippen molar-refractivity contribution >= 4 is 17.6 Å². The van der Waals surface area contributed by atoms with Gasteiger partial charge in [-0.2, -0.15) is 0 Å². The molecule has 1 aromatic carbocycles. The molecule has 1 unspecified atom stereocenters. The number of β-amino-alcohol motifs (C(OH)–C–C–N with tert-alkyl or cyclic N) is 1. The second-order valence-corrected chi connectivity index (χ2v) is 12.4. The highest BCUT2D eigenvalue weighted by atomic mass is 16.5. The number of nitrogens with one attached hydrogen (secondary N) is 2. The summed E-state index contributed by atoms with van der Waals surface area (Å²) in [6.07, 6.45) is 1.52. The highest BCUT2D eigenvalue weighted by Crippen LogP contribution is 2.25. The summed E-state index contributed by atoms with van der Waals surface area (Å²) in [4.78, 5) is 41.8. The van der Waals surface area contributed by atoms with Gasteiger partial charge in [0.1, 0.15) is 29.7 Å². The van der Waals surface area contributed by atoms with E-state index >= 15 is 0 Å². The van der Waals surface area contributed by atoms with Crippen molar-refractivity contribution in [2.24, 2.45) is 0 Å². The Morgan fingerprint density at radius 1 is 1.19 bits per heavy atom. The minimum absolute atomic E-state index is 0.0393. The number of carbonyl (C=O) groups excluding carboxylic acids is 2. The van der Waals surface area contributed by atoms with Gasteiger partial charge in [-0.05, 0) is 36.6 Å². The van der Waals surface area contributed by atoms with E-state index in [-0.39, 0.29) is 35.5 Å². The highest BCUT2D eigenvalue weighted by Gasteiger charge is 2.30.